The molecule has 0 spiro atoms. The fourth-order valence-electron chi connectivity index (χ4n) is 1.68. The summed E-state index contributed by atoms with van der Waals surface area (Å²) in [5.74, 6) is -0.820. The Morgan fingerprint density at radius 2 is 2.00 bits per heavy atom. The molecule has 6 heteroatoms. The Bertz CT molecular complexity index is 688. The summed E-state index contributed by atoms with van der Waals surface area (Å²) in [6.45, 7) is 1.69. The largest absolute Gasteiger partial charge is 0.478 e. The monoisotopic (exact) mass is 339 g/mol. The van der Waals surface area contributed by atoms with Crippen LogP contribution in [0.1, 0.15) is 15.9 Å². The molecule has 0 atom stereocenters. The van der Waals surface area contributed by atoms with Crippen molar-refractivity contribution in [2.75, 3.05) is 5.73 Å². The third kappa shape index (κ3) is 2.91. The number of carboxylic acid groups (broad SMARTS) is 1. The maximum absolute atomic E-state index is 13.1. The first-order valence-corrected chi connectivity index (χ1v) is 6.44. The molecule has 0 amide bonds. The van der Waals surface area contributed by atoms with E-state index in [1.54, 1.807) is 13.0 Å². The smallest absolute Gasteiger partial charge is 0.337 e. The van der Waals surface area contributed by atoms with Crippen molar-refractivity contribution in [3.8, 4) is 11.5 Å². The fraction of sp³-hybridized carbons (Fsp3) is 0.0714. The van der Waals surface area contributed by atoms with Gasteiger partial charge in [-0.2, -0.15) is 0 Å². The van der Waals surface area contributed by atoms with Crippen LogP contribution >= 0.6 is 15.9 Å². The number of anilines is 1. The Labute approximate surface area is 123 Å². The van der Waals surface area contributed by atoms with Crippen molar-refractivity contribution in [1.29, 1.82) is 0 Å². The minimum absolute atomic E-state index is 0.0267. The highest BCUT2D eigenvalue weighted by molar-refractivity contribution is 9.10. The third-order valence-electron chi connectivity index (χ3n) is 2.72. The van der Waals surface area contributed by atoms with Gasteiger partial charge < -0.3 is 15.6 Å². The zero-order valence-corrected chi connectivity index (χ0v) is 12.1. The van der Waals surface area contributed by atoms with Crippen LogP contribution < -0.4 is 10.5 Å². The highest BCUT2D eigenvalue weighted by Gasteiger charge is 2.13. The number of aryl methyl sites for hydroxylation is 1. The molecule has 0 radical (unpaired) electrons. The van der Waals surface area contributed by atoms with E-state index in [1.165, 1.54) is 24.3 Å². The summed E-state index contributed by atoms with van der Waals surface area (Å²) in [4.78, 5) is 11.1. The highest BCUT2D eigenvalue weighted by Crippen LogP contribution is 2.30. The van der Waals surface area contributed by atoms with Gasteiger partial charge in [-0.05, 0) is 58.7 Å². The van der Waals surface area contributed by atoms with E-state index < -0.39 is 11.8 Å². The number of rotatable bonds is 3. The molecule has 0 saturated heterocycles. The SMILES string of the molecule is Cc1cc(Oc2ccc(F)c(Br)c2)cc(C(=O)O)c1N. The summed E-state index contributed by atoms with van der Waals surface area (Å²) in [6, 6.07) is 7.12. The third-order valence-corrected chi connectivity index (χ3v) is 3.33. The van der Waals surface area contributed by atoms with Gasteiger partial charge in [-0.3, -0.25) is 0 Å². The molecule has 4 nitrogen and oxygen atoms in total. The average molecular weight is 340 g/mol. The van der Waals surface area contributed by atoms with Crippen molar-refractivity contribution in [2.45, 2.75) is 6.92 Å². The minimum Gasteiger partial charge on any atom is -0.478 e. The van der Waals surface area contributed by atoms with E-state index in [9.17, 15) is 9.18 Å². The zero-order valence-electron chi connectivity index (χ0n) is 10.5. The molecule has 0 aliphatic heterocycles. The number of carbonyl (C=O) groups is 1. The number of halogens is 2. The summed E-state index contributed by atoms with van der Waals surface area (Å²) in [5.41, 5.74) is 6.47. The van der Waals surface area contributed by atoms with Crippen LogP contribution in [0.25, 0.3) is 0 Å². The average Bonchev–Trinajstić information content (AvgIpc) is 2.37. The van der Waals surface area contributed by atoms with E-state index in [2.05, 4.69) is 15.9 Å². The quantitative estimate of drug-likeness (QED) is 0.830. The summed E-state index contributed by atoms with van der Waals surface area (Å²) in [7, 11) is 0. The molecule has 20 heavy (non-hydrogen) atoms. The first kappa shape index (κ1) is 14.3. The molecule has 0 aliphatic carbocycles. The van der Waals surface area contributed by atoms with Gasteiger partial charge in [-0.1, -0.05) is 0 Å². The van der Waals surface area contributed by atoms with E-state index in [4.69, 9.17) is 15.6 Å². The molecule has 0 aromatic heterocycles. The standard InChI is InChI=1S/C14H11BrFNO3/c1-7-4-9(5-10(13(7)17)14(18)19)20-8-2-3-12(16)11(15)6-8/h2-6H,17H2,1H3,(H,18,19). The Kier molecular flexibility index (Phi) is 3.94. The lowest BCUT2D eigenvalue weighted by Gasteiger charge is -2.11. The van der Waals surface area contributed by atoms with Gasteiger partial charge in [-0.15, -0.1) is 0 Å². The van der Waals surface area contributed by atoms with Crippen LogP contribution in [0.15, 0.2) is 34.8 Å². The first-order chi connectivity index (χ1) is 9.38. The lowest BCUT2D eigenvalue weighted by Crippen LogP contribution is -2.04. The predicted octanol–water partition coefficient (Wildman–Crippen LogP) is 3.97. The van der Waals surface area contributed by atoms with Gasteiger partial charge in [0.25, 0.3) is 0 Å². The molecule has 104 valence electrons. The van der Waals surface area contributed by atoms with Gasteiger partial charge in [0.1, 0.15) is 17.3 Å². The second kappa shape index (κ2) is 5.50. The Morgan fingerprint density at radius 3 is 2.60 bits per heavy atom. The van der Waals surface area contributed by atoms with Crippen LogP contribution in [0, 0.1) is 12.7 Å². The topological polar surface area (TPSA) is 72.5 Å². The first-order valence-electron chi connectivity index (χ1n) is 5.65. The van der Waals surface area contributed by atoms with Gasteiger partial charge in [0, 0.05) is 5.69 Å². The number of benzene rings is 2. The van der Waals surface area contributed by atoms with Gasteiger partial charge >= 0.3 is 5.97 Å². The normalized spacial score (nSPS) is 10.3. The summed E-state index contributed by atoms with van der Waals surface area (Å²) < 4.78 is 18.9. The number of ether oxygens (including phenoxy) is 1. The lowest BCUT2D eigenvalue weighted by atomic mass is 10.1. The van der Waals surface area contributed by atoms with E-state index in [-0.39, 0.29) is 15.7 Å². The van der Waals surface area contributed by atoms with Crippen LogP contribution in [0.2, 0.25) is 0 Å². The Morgan fingerprint density at radius 1 is 1.30 bits per heavy atom. The predicted molar refractivity (Wildman–Crippen MR) is 76.7 cm³/mol. The Hall–Kier alpha value is -2.08. The molecular weight excluding hydrogens is 329 g/mol. The van der Waals surface area contributed by atoms with Gasteiger partial charge in [0.05, 0.1) is 10.0 Å². The van der Waals surface area contributed by atoms with Crippen molar-refractivity contribution >= 4 is 27.6 Å². The van der Waals surface area contributed by atoms with Gasteiger partial charge in [0.15, 0.2) is 0 Å². The second-order valence-electron chi connectivity index (χ2n) is 4.18. The van der Waals surface area contributed by atoms with E-state index in [0.29, 0.717) is 17.1 Å². The molecule has 2 rings (SSSR count). The van der Waals surface area contributed by atoms with Crippen LogP contribution in [0.3, 0.4) is 0 Å². The number of carboxylic acids is 1. The maximum Gasteiger partial charge on any atom is 0.337 e. The van der Waals surface area contributed by atoms with Gasteiger partial charge in [-0.25, -0.2) is 9.18 Å². The maximum atomic E-state index is 13.1. The van der Waals surface area contributed by atoms with E-state index in [1.807, 2.05) is 0 Å². The van der Waals surface area contributed by atoms with Gasteiger partial charge in [0.2, 0.25) is 0 Å². The molecule has 0 unspecified atom stereocenters. The highest BCUT2D eigenvalue weighted by atomic mass is 79.9. The lowest BCUT2D eigenvalue weighted by molar-refractivity contribution is 0.0697. The Balaban J connectivity index is 2.38. The summed E-state index contributed by atoms with van der Waals surface area (Å²) in [5, 5.41) is 9.07. The molecule has 2 aromatic rings. The van der Waals surface area contributed by atoms with Crippen molar-refractivity contribution in [3.63, 3.8) is 0 Å². The number of nitrogens with two attached hydrogens (primary N) is 1. The summed E-state index contributed by atoms with van der Waals surface area (Å²) >= 11 is 3.05. The number of hydrogen-bond acceptors (Lipinski definition) is 3. The second-order valence-corrected chi connectivity index (χ2v) is 5.04. The number of nitrogen functional groups attached to an aromatic ring is 1. The molecule has 3 N–H and O–H groups in total. The van der Waals surface area contributed by atoms with Crippen LogP contribution in [-0.2, 0) is 0 Å². The van der Waals surface area contributed by atoms with E-state index >= 15 is 0 Å². The van der Waals surface area contributed by atoms with Crippen molar-refractivity contribution in [2.24, 2.45) is 0 Å². The molecule has 0 heterocycles. The van der Waals surface area contributed by atoms with Crippen LogP contribution in [0.5, 0.6) is 11.5 Å². The number of hydrogen-bond donors (Lipinski definition) is 2. The van der Waals surface area contributed by atoms with Crippen molar-refractivity contribution in [3.05, 3.63) is 51.7 Å². The molecule has 0 bridgehead atoms. The molecule has 0 aliphatic rings. The molecule has 0 fully saturated rings. The van der Waals surface area contributed by atoms with Crippen LogP contribution in [-0.4, -0.2) is 11.1 Å². The zero-order chi connectivity index (χ0) is 14.9. The van der Waals surface area contributed by atoms with Crippen LogP contribution in [0.4, 0.5) is 10.1 Å². The van der Waals surface area contributed by atoms with Crippen molar-refractivity contribution in [1.82, 2.24) is 0 Å². The number of aromatic carboxylic acids is 1. The summed E-state index contributed by atoms with van der Waals surface area (Å²) in [6.07, 6.45) is 0. The van der Waals surface area contributed by atoms with Crippen molar-refractivity contribution < 1.29 is 19.0 Å². The van der Waals surface area contributed by atoms with E-state index in [0.717, 1.165) is 0 Å². The molecule has 2 aromatic carbocycles. The minimum atomic E-state index is -1.13. The fourth-order valence-corrected chi connectivity index (χ4v) is 2.04. The molecule has 0 saturated carbocycles. The molecular formula is C14H11BrFNO3.